The van der Waals surface area contributed by atoms with Gasteiger partial charge >= 0.3 is 0 Å². The van der Waals surface area contributed by atoms with Crippen molar-refractivity contribution >= 4 is 17.7 Å². The first-order valence-corrected chi connectivity index (χ1v) is 8.01. The van der Waals surface area contributed by atoms with E-state index in [0.29, 0.717) is 12.5 Å². The second-order valence-electron chi connectivity index (χ2n) is 5.57. The molecule has 5 heteroatoms. The van der Waals surface area contributed by atoms with Gasteiger partial charge in [-0.1, -0.05) is 0 Å². The van der Waals surface area contributed by atoms with Gasteiger partial charge in [-0.15, -0.1) is 0 Å². The highest BCUT2D eigenvalue weighted by molar-refractivity contribution is 7.99. The SMILES string of the molecule is CC(CC(N)=O)NC1CCOC2(CCSCC2)C1. The van der Waals surface area contributed by atoms with Crippen LogP contribution in [0.1, 0.15) is 39.0 Å². The zero-order chi connectivity index (χ0) is 13.0. The summed E-state index contributed by atoms with van der Waals surface area (Å²) in [5.74, 6) is 2.19. The molecule has 2 atom stereocenters. The molecule has 2 aliphatic heterocycles. The maximum absolute atomic E-state index is 10.9. The second-order valence-corrected chi connectivity index (χ2v) is 6.80. The van der Waals surface area contributed by atoms with Gasteiger partial charge in [0.25, 0.3) is 0 Å². The predicted molar refractivity (Wildman–Crippen MR) is 74.7 cm³/mol. The number of nitrogens with one attached hydrogen (secondary N) is 1. The van der Waals surface area contributed by atoms with Crippen molar-refractivity contribution in [3.05, 3.63) is 0 Å². The Morgan fingerprint density at radius 1 is 1.56 bits per heavy atom. The van der Waals surface area contributed by atoms with E-state index in [1.807, 2.05) is 18.7 Å². The molecule has 0 saturated carbocycles. The predicted octanol–water partition coefficient (Wildman–Crippen LogP) is 1.28. The average molecular weight is 272 g/mol. The van der Waals surface area contributed by atoms with Crippen molar-refractivity contribution < 1.29 is 9.53 Å². The standard InChI is InChI=1S/C13H24N2O2S/c1-10(8-12(14)16)15-11-2-5-17-13(9-11)3-6-18-7-4-13/h10-11,15H,2-9H2,1H3,(H2,14,16). The van der Waals surface area contributed by atoms with Crippen LogP contribution in [-0.4, -0.2) is 41.7 Å². The lowest BCUT2D eigenvalue weighted by Crippen LogP contribution is -2.51. The van der Waals surface area contributed by atoms with Gasteiger partial charge in [0.15, 0.2) is 0 Å². The van der Waals surface area contributed by atoms with Crippen molar-refractivity contribution in [1.82, 2.24) is 5.32 Å². The number of hydrogen-bond acceptors (Lipinski definition) is 4. The fraction of sp³-hybridized carbons (Fsp3) is 0.923. The first-order valence-electron chi connectivity index (χ1n) is 6.86. The number of hydrogen-bond donors (Lipinski definition) is 2. The molecule has 2 saturated heterocycles. The summed E-state index contributed by atoms with van der Waals surface area (Å²) in [7, 11) is 0. The van der Waals surface area contributed by atoms with E-state index < -0.39 is 0 Å². The summed E-state index contributed by atoms with van der Waals surface area (Å²) < 4.78 is 6.05. The van der Waals surface area contributed by atoms with Crippen molar-refractivity contribution in [2.24, 2.45) is 5.73 Å². The van der Waals surface area contributed by atoms with Crippen LogP contribution >= 0.6 is 11.8 Å². The van der Waals surface area contributed by atoms with Gasteiger partial charge in [0.1, 0.15) is 0 Å². The molecule has 3 N–H and O–H groups in total. The monoisotopic (exact) mass is 272 g/mol. The summed E-state index contributed by atoms with van der Waals surface area (Å²) in [5, 5.41) is 3.53. The van der Waals surface area contributed by atoms with E-state index in [4.69, 9.17) is 10.5 Å². The van der Waals surface area contributed by atoms with Crippen LogP contribution in [0.3, 0.4) is 0 Å². The van der Waals surface area contributed by atoms with Crippen LogP contribution in [0.2, 0.25) is 0 Å². The molecule has 2 unspecified atom stereocenters. The van der Waals surface area contributed by atoms with Gasteiger partial charge in [0.05, 0.1) is 5.60 Å². The maximum Gasteiger partial charge on any atom is 0.218 e. The summed E-state index contributed by atoms with van der Waals surface area (Å²) in [6, 6.07) is 0.636. The lowest BCUT2D eigenvalue weighted by atomic mass is 9.85. The zero-order valence-electron chi connectivity index (χ0n) is 11.1. The molecule has 4 nitrogen and oxygen atoms in total. The van der Waals surface area contributed by atoms with Crippen LogP contribution in [0, 0.1) is 0 Å². The van der Waals surface area contributed by atoms with Crippen molar-refractivity contribution in [2.75, 3.05) is 18.1 Å². The van der Waals surface area contributed by atoms with Crippen molar-refractivity contribution in [3.8, 4) is 0 Å². The van der Waals surface area contributed by atoms with E-state index in [1.54, 1.807) is 0 Å². The van der Waals surface area contributed by atoms with E-state index in [0.717, 1.165) is 19.4 Å². The van der Waals surface area contributed by atoms with Crippen LogP contribution in [0.15, 0.2) is 0 Å². The molecular formula is C13H24N2O2S. The topological polar surface area (TPSA) is 64.4 Å². The van der Waals surface area contributed by atoms with Gasteiger partial charge in [-0.3, -0.25) is 4.79 Å². The summed E-state index contributed by atoms with van der Waals surface area (Å²) >= 11 is 2.02. The Kier molecular flexibility index (Phi) is 4.92. The molecule has 0 aromatic heterocycles. The smallest absolute Gasteiger partial charge is 0.218 e. The zero-order valence-corrected chi connectivity index (χ0v) is 11.9. The first kappa shape index (κ1) is 14.2. The average Bonchev–Trinajstić information content (AvgIpc) is 2.28. The highest BCUT2D eigenvalue weighted by Crippen LogP contribution is 2.37. The lowest BCUT2D eigenvalue weighted by Gasteiger charge is -2.44. The molecule has 2 heterocycles. The van der Waals surface area contributed by atoms with Gasteiger partial charge in [-0.25, -0.2) is 0 Å². The molecule has 1 spiro atoms. The molecule has 0 aromatic rings. The fourth-order valence-corrected chi connectivity index (χ4v) is 4.26. The number of amides is 1. The largest absolute Gasteiger partial charge is 0.375 e. The fourth-order valence-electron chi connectivity index (χ4n) is 3.02. The quantitative estimate of drug-likeness (QED) is 0.809. The van der Waals surface area contributed by atoms with E-state index in [-0.39, 0.29) is 17.6 Å². The second kappa shape index (κ2) is 6.26. The van der Waals surface area contributed by atoms with Gasteiger partial charge in [-0.2, -0.15) is 11.8 Å². The van der Waals surface area contributed by atoms with Crippen LogP contribution in [-0.2, 0) is 9.53 Å². The third-order valence-corrected chi connectivity index (χ3v) is 4.91. The Labute approximate surface area is 113 Å². The van der Waals surface area contributed by atoms with E-state index >= 15 is 0 Å². The molecule has 0 aliphatic carbocycles. The Morgan fingerprint density at radius 3 is 2.94 bits per heavy atom. The minimum absolute atomic E-state index is 0.105. The maximum atomic E-state index is 10.9. The highest BCUT2D eigenvalue weighted by Gasteiger charge is 2.38. The summed E-state index contributed by atoms with van der Waals surface area (Å²) in [4.78, 5) is 10.9. The molecule has 0 bridgehead atoms. The van der Waals surface area contributed by atoms with E-state index in [9.17, 15) is 4.79 Å². The molecule has 1 amide bonds. The highest BCUT2D eigenvalue weighted by atomic mass is 32.2. The molecule has 2 rings (SSSR count). The third kappa shape index (κ3) is 3.87. The Balaban J connectivity index is 1.84. The molecule has 2 aliphatic rings. The number of primary amides is 1. The number of ether oxygens (including phenoxy) is 1. The number of carbonyl (C=O) groups excluding carboxylic acids is 1. The van der Waals surface area contributed by atoms with Crippen molar-refractivity contribution in [2.45, 2.75) is 56.7 Å². The minimum Gasteiger partial charge on any atom is -0.375 e. The molecule has 104 valence electrons. The van der Waals surface area contributed by atoms with Crippen molar-refractivity contribution in [3.63, 3.8) is 0 Å². The minimum atomic E-state index is -0.231. The van der Waals surface area contributed by atoms with Gasteiger partial charge in [-0.05, 0) is 44.1 Å². The Morgan fingerprint density at radius 2 is 2.28 bits per heavy atom. The third-order valence-electron chi connectivity index (χ3n) is 3.92. The molecular weight excluding hydrogens is 248 g/mol. The number of nitrogens with two attached hydrogens (primary N) is 1. The molecule has 18 heavy (non-hydrogen) atoms. The summed E-state index contributed by atoms with van der Waals surface area (Å²) in [6.45, 7) is 2.87. The molecule has 0 radical (unpaired) electrons. The van der Waals surface area contributed by atoms with Gasteiger partial charge < -0.3 is 15.8 Å². The van der Waals surface area contributed by atoms with E-state index in [1.165, 1.54) is 24.3 Å². The summed E-state index contributed by atoms with van der Waals surface area (Å²) in [6.07, 6.45) is 4.87. The van der Waals surface area contributed by atoms with Gasteiger partial charge in [0, 0.05) is 25.1 Å². The first-order chi connectivity index (χ1) is 8.60. The van der Waals surface area contributed by atoms with Crippen LogP contribution in [0.5, 0.6) is 0 Å². The van der Waals surface area contributed by atoms with E-state index in [2.05, 4.69) is 5.32 Å². The Bertz CT molecular complexity index is 287. The molecule has 2 fully saturated rings. The lowest BCUT2D eigenvalue weighted by molar-refractivity contribution is -0.118. The normalized spacial score (nSPS) is 29.1. The van der Waals surface area contributed by atoms with Gasteiger partial charge in [0.2, 0.25) is 5.91 Å². The summed E-state index contributed by atoms with van der Waals surface area (Å²) in [5.41, 5.74) is 5.33. The molecule has 0 aromatic carbocycles. The van der Waals surface area contributed by atoms with Crippen LogP contribution in [0.4, 0.5) is 0 Å². The van der Waals surface area contributed by atoms with Crippen LogP contribution < -0.4 is 11.1 Å². The van der Waals surface area contributed by atoms with Crippen molar-refractivity contribution in [1.29, 1.82) is 0 Å². The number of rotatable bonds is 4. The van der Waals surface area contributed by atoms with Crippen LogP contribution in [0.25, 0.3) is 0 Å². The number of carbonyl (C=O) groups is 1. The number of thioether (sulfide) groups is 1. The Hall–Kier alpha value is -0.260.